The average Bonchev–Trinajstić information content (AvgIpc) is 3.45. The van der Waals surface area contributed by atoms with E-state index in [4.69, 9.17) is 24.7 Å². The van der Waals surface area contributed by atoms with Crippen molar-refractivity contribution in [1.29, 1.82) is 0 Å². The molecule has 0 radical (unpaired) electrons. The second-order valence-electron chi connectivity index (χ2n) is 11.3. The summed E-state index contributed by atoms with van der Waals surface area (Å²) in [6.45, 7) is 11.7. The highest BCUT2D eigenvalue weighted by atomic mass is 16.8. The average molecular weight is 517 g/mol. The maximum absolute atomic E-state index is 11.6. The van der Waals surface area contributed by atoms with E-state index in [9.17, 15) is 4.79 Å². The molecule has 0 bridgehead atoms. The van der Waals surface area contributed by atoms with E-state index >= 15 is 0 Å². The van der Waals surface area contributed by atoms with Gasteiger partial charge in [0.05, 0.1) is 19.5 Å². The molecule has 0 spiro atoms. The van der Waals surface area contributed by atoms with Crippen LogP contribution in [0.15, 0.2) is 12.7 Å². The first-order valence-electron chi connectivity index (χ1n) is 13.5. The van der Waals surface area contributed by atoms with Crippen molar-refractivity contribution in [3.05, 3.63) is 12.7 Å². The molecule has 3 atom stereocenters. The van der Waals surface area contributed by atoms with E-state index in [-0.39, 0.29) is 18.2 Å². The number of ether oxygens (including phenoxy) is 4. The molecule has 37 heavy (non-hydrogen) atoms. The zero-order chi connectivity index (χ0) is 26.4. The van der Waals surface area contributed by atoms with Gasteiger partial charge in [-0.25, -0.2) is 15.0 Å². The van der Waals surface area contributed by atoms with Crippen LogP contribution in [0.1, 0.15) is 66.7 Å². The van der Waals surface area contributed by atoms with E-state index in [1.165, 1.54) is 6.33 Å². The maximum Gasteiger partial charge on any atom is 0.305 e. The largest absolute Gasteiger partial charge is 0.466 e. The van der Waals surface area contributed by atoms with Crippen LogP contribution in [0.4, 0.5) is 5.82 Å². The molecule has 3 aliphatic rings. The molecule has 5 rings (SSSR count). The number of rotatable bonds is 10. The topological polar surface area (TPSA) is 127 Å². The molecular weight excluding hydrogens is 476 g/mol. The lowest BCUT2D eigenvalue weighted by atomic mass is 9.76. The Morgan fingerprint density at radius 2 is 2.08 bits per heavy atom. The van der Waals surface area contributed by atoms with Crippen LogP contribution in [0.3, 0.4) is 0 Å². The maximum atomic E-state index is 11.6. The fourth-order valence-electron chi connectivity index (χ4n) is 6.20. The predicted molar refractivity (Wildman–Crippen MR) is 136 cm³/mol. The Labute approximate surface area is 218 Å². The second-order valence-corrected chi connectivity index (χ2v) is 11.3. The molecule has 2 aliphatic heterocycles. The first-order chi connectivity index (χ1) is 17.6. The first kappa shape index (κ1) is 26.3. The standard InChI is InChI=1S/C26H40N6O5/c1-6-34-20(33)9-7-8-17-10-18(11-17)31(16(2)3)12-19-22-26(13-35-19,37-25(4,5)36-22)32-15-30-21-23(27)28-14-29-24(21)32/h14-19,22H,6-13H2,1-5H3,(H2,27,28,29)/t17-,18+,19-,22-,26-/m1/s1. The van der Waals surface area contributed by atoms with Crippen molar-refractivity contribution >= 4 is 23.0 Å². The minimum Gasteiger partial charge on any atom is -0.466 e. The van der Waals surface area contributed by atoms with Crippen LogP contribution in [0.2, 0.25) is 0 Å². The van der Waals surface area contributed by atoms with Gasteiger partial charge in [-0.15, -0.1) is 0 Å². The summed E-state index contributed by atoms with van der Waals surface area (Å²) in [5.74, 6) is 0.103. The number of esters is 1. The lowest BCUT2D eigenvalue weighted by molar-refractivity contribution is -0.206. The Kier molecular flexibility index (Phi) is 7.16. The van der Waals surface area contributed by atoms with Gasteiger partial charge in [0.15, 0.2) is 17.3 Å². The number of nitrogens with zero attached hydrogens (tertiary/aromatic N) is 5. The van der Waals surface area contributed by atoms with E-state index in [2.05, 4.69) is 33.7 Å². The molecule has 11 heteroatoms. The van der Waals surface area contributed by atoms with Gasteiger partial charge < -0.3 is 24.7 Å². The van der Waals surface area contributed by atoms with E-state index in [1.807, 2.05) is 25.3 Å². The summed E-state index contributed by atoms with van der Waals surface area (Å²) in [5, 5.41) is 0. The number of imidazole rings is 1. The predicted octanol–water partition coefficient (Wildman–Crippen LogP) is 2.83. The Hall–Kier alpha value is -2.34. The van der Waals surface area contributed by atoms with Gasteiger partial charge in [-0.3, -0.25) is 14.3 Å². The Bertz CT molecular complexity index is 1120. The first-order valence-corrected chi connectivity index (χ1v) is 13.5. The number of fused-ring (bicyclic) bond motifs is 2. The molecule has 11 nitrogen and oxygen atoms in total. The highest BCUT2D eigenvalue weighted by Crippen LogP contribution is 2.48. The van der Waals surface area contributed by atoms with Crippen LogP contribution in [0.25, 0.3) is 11.2 Å². The normalized spacial score (nSPS) is 30.7. The van der Waals surface area contributed by atoms with Gasteiger partial charge >= 0.3 is 5.97 Å². The van der Waals surface area contributed by atoms with Crippen molar-refractivity contribution in [1.82, 2.24) is 24.4 Å². The summed E-state index contributed by atoms with van der Waals surface area (Å²) in [7, 11) is 0. The highest BCUT2D eigenvalue weighted by Gasteiger charge is 2.63. The van der Waals surface area contributed by atoms with E-state index in [1.54, 1.807) is 6.33 Å². The van der Waals surface area contributed by atoms with Crippen LogP contribution in [-0.4, -0.2) is 80.2 Å². The molecule has 2 aromatic heterocycles. The second kappa shape index (κ2) is 10.1. The summed E-state index contributed by atoms with van der Waals surface area (Å²) < 4.78 is 26.4. The van der Waals surface area contributed by atoms with Crippen molar-refractivity contribution in [3.63, 3.8) is 0 Å². The third-order valence-corrected chi connectivity index (χ3v) is 7.92. The monoisotopic (exact) mass is 516 g/mol. The van der Waals surface area contributed by atoms with Gasteiger partial charge in [0, 0.05) is 25.0 Å². The molecule has 2 saturated heterocycles. The van der Waals surface area contributed by atoms with Gasteiger partial charge in [-0.05, 0) is 66.2 Å². The third-order valence-electron chi connectivity index (χ3n) is 7.92. The van der Waals surface area contributed by atoms with Crippen molar-refractivity contribution in [2.24, 2.45) is 5.92 Å². The third kappa shape index (κ3) is 4.94. The molecule has 0 amide bonds. The smallest absolute Gasteiger partial charge is 0.305 e. The fourth-order valence-corrected chi connectivity index (χ4v) is 6.20. The zero-order valence-corrected chi connectivity index (χ0v) is 22.6. The van der Waals surface area contributed by atoms with Crippen molar-refractivity contribution in [2.75, 3.05) is 25.5 Å². The molecule has 0 aromatic carbocycles. The molecule has 1 saturated carbocycles. The van der Waals surface area contributed by atoms with Gasteiger partial charge in [0.25, 0.3) is 0 Å². The van der Waals surface area contributed by atoms with Crippen molar-refractivity contribution < 1.29 is 23.7 Å². The van der Waals surface area contributed by atoms with E-state index in [0.29, 0.717) is 54.6 Å². The van der Waals surface area contributed by atoms with E-state index < -0.39 is 11.5 Å². The van der Waals surface area contributed by atoms with Crippen LogP contribution < -0.4 is 5.73 Å². The lowest BCUT2D eigenvalue weighted by Gasteiger charge is -2.46. The number of hydrogen-bond acceptors (Lipinski definition) is 10. The van der Waals surface area contributed by atoms with Crippen molar-refractivity contribution in [3.8, 4) is 0 Å². The molecule has 2 aromatic rings. The zero-order valence-electron chi connectivity index (χ0n) is 22.6. The molecule has 0 unspecified atom stereocenters. The summed E-state index contributed by atoms with van der Waals surface area (Å²) in [5.41, 5.74) is 6.31. The van der Waals surface area contributed by atoms with Crippen molar-refractivity contribution in [2.45, 2.75) is 103 Å². The van der Waals surface area contributed by atoms with E-state index in [0.717, 1.165) is 32.2 Å². The number of nitrogen functional groups attached to an aromatic ring is 1. The van der Waals surface area contributed by atoms with Crippen LogP contribution >= 0.6 is 0 Å². The Morgan fingerprint density at radius 3 is 2.81 bits per heavy atom. The summed E-state index contributed by atoms with van der Waals surface area (Å²) in [6, 6.07) is 0.851. The minimum absolute atomic E-state index is 0.0921. The van der Waals surface area contributed by atoms with Crippen LogP contribution in [-0.2, 0) is 29.5 Å². The fraction of sp³-hybridized carbons (Fsp3) is 0.769. The summed E-state index contributed by atoms with van der Waals surface area (Å²) >= 11 is 0. The SMILES string of the molecule is CCOC(=O)CCC[C@H]1C[C@@H](N(C[C@H]2OC[C@@]3(n4cnc5c(N)ncnc54)OC(C)(C)O[C@H]23)C(C)C)C1. The quantitative estimate of drug-likeness (QED) is 0.471. The molecule has 3 fully saturated rings. The van der Waals surface area contributed by atoms with Crippen LogP contribution in [0, 0.1) is 5.92 Å². The minimum atomic E-state index is -0.887. The summed E-state index contributed by atoms with van der Waals surface area (Å²) in [4.78, 5) is 27.2. The molecular formula is C26H40N6O5. The number of carbonyl (C=O) groups is 1. The Balaban J connectivity index is 1.27. The number of nitrogens with two attached hydrogens (primary N) is 1. The Morgan fingerprint density at radius 1 is 1.30 bits per heavy atom. The van der Waals surface area contributed by atoms with Gasteiger partial charge in [-0.1, -0.05) is 0 Å². The number of carbonyl (C=O) groups excluding carboxylic acids is 1. The van der Waals surface area contributed by atoms with Gasteiger partial charge in [0.1, 0.15) is 24.1 Å². The number of hydrogen-bond donors (Lipinski definition) is 1. The lowest BCUT2D eigenvalue weighted by Crippen LogP contribution is -2.53. The number of aromatic nitrogens is 4. The number of anilines is 1. The summed E-state index contributed by atoms with van der Waals surface area (Å²) in [6.07, 6.45) is 7.36. The van der Waals surface area contributed by atoms with Gasteiger partial charge in [0.2, 0.25) is 5.72 Å². The molecule has 2 N–H and O–H groups in total. The van der Waals surface area contributed by atoms with Gasteiger partial charge in [-0.2, -0.15) is 0 Å². The molecule has 204 valence electrons. The highest BCUT2D eigenvalue weighted by molar-refractivity contribution is 5.81. The molecule has 4 heterocycles. The molecule has 1 aliphatic carbocycles. The van der Waals surface area contributed by atoms with Crippen LogP contribution in [0.5, 0.6) is 0 Å².